The molecule has 37 heavy (non-hydrogen) atoms. The Kier molecular flexibility index (Phi) is 7.01. The van der Waals surface area contributed by atoms with E-state index in [1.807, 2.05) is 61.7 Å². The average molecular weight is 511 g/mol. The summed E-state index contributed by atoms with van der Waals surface area (Å²) >= 11 is 5.81. The van der Waals surface area contributed by atoms with Crippen LogP contribution in [0.3, 0.4) is 0 Å². The minimum absolute atomic E-state index is 0.0470. The Morgan fingerprint density at radius 1 is 1.05 bits per heavy atom. The summed E-state index contributed by atoms with van der Waals surface area (Å²) < 4.78 is 2.21. The fraction of sp³-hybridized carbons (Fsp3) is 0.241. The van der Waals surface area contributed by atoms with Gasteiger partial charge in [-0.2, -0.15) is 0 Å². The van der Waals surface area contributed by atoms with E-state index in [2.05, 4.69) is 56.0 Å². The molecule has 1 aliphatic heterocycles. The molecule has 2 atom stereocenters. The molecule has 1 aromatic carbocycles. The van der Waals surface area contributed by atoms with E-state index < -0.39 is 0 Å². The molecule has 7 nitrogen and oxygen atoms in total. The summed E-state index contributed by atoms with van der Waals surface area (Å²) in [5.74, 6) is -0.0470. The second-order valence-electron chi connectivity index (χ2n) is 9.36. The lowest BCUT2D eigenvalue weighted by molar-refractivity contribution is -0.116. The van der Waals surface area contributed by atoms with Crippen LogP contribution in [0.15, 0.2) is 79.3 Å². The molecule has 0 bridgehead atoms. The molecule has 3 aromatic heterocycles. The smallest absolute Gasteiger partial charge is 0.226 e. The molecule has 188 valence electrons. The summed E-state index contributed by atoms with van der Waals surface area (Å²) in [4.78, 5) is 23.9. The molecule has 0 spiro atoms. The highest BCUT2D eigenvalue weighted by atomic mass is 32.1. The van der Waals surface area contributed by atoms with E-state index >= 15 is 0 Å². The minimum Gasteiger partial charge on any atom is -0.352 e. The lowest BCUT2D eigenvalue weighted by atomic mass is 9.96. The monoisotopic (exact) mass is 510 g/mol. The zero-order valence-electron chi connectivity index (χ0n) is 21.2. The summed E-state index contributed by atoms with van der Waals surface area (Å²) in [7, 11) is 0. The van der Waals surface area contributed by atoms with Gasteiger partial charge < -0.3 is 20.1 Å². The van der Waals surface area contributed by atoms with E-state index in [9.17, 15) is 4.79 Å². The fourth-order valence-corrected chi connectivity index (χ4v) is 5.46. The largest absolute Gasteiger partial charge is 0.352 e. The van der Waals surface area contributed by atoms with Crippen molar-refractivity contribution in [2.45, 2.75) is 39.3 Å². The Balaban J connectivity index is 1.46. The second kappa shape index (κ2) is 10.5. The predicted molar refractivity (Wildman–Crippen MR) is 150 cm³/mol. The number of carbonyl (C=O) groups is 1. The van der Waals surface area contributed by atoms with Crippen molar-refractivity contribution in [1.29, 1.82) is 0 Å². The SMILES string of the molecule is Cc1cccc(NC(=O)CCN2C(=S)N[C@H](c3ccccn3)[C@H]2c2cc(C)n(-c3cccnc3)c2C)c1. The van der Waals surface area contributed by atoms with Gasteiger partial charge in [0.2, 0.25) is 5.91 Å². The first kappa shape index (κ1) is 24.6. The van der Waals surface area contributed by atoms with Gasteiger partial charge in [0, 0.05) is 42.4 Å². The molecule has 5 rings (SSSR count). The molecule has 0 saturated carbocycles. The first-order chi connectivity index (χ1) is 17.9. The number of amides is 1. The normalized spacial score (nSPS) is 17.1. The Hall–Kier alpha value is -4.04. The molecule has 1 fully saturated rings. The summed E-state index contributed by atoms with van der Waals surface area (Å²) in [5, 5.41) is 7.12. The van der Waals surface area contributed by atoms with Gasteiger partial charge in [-0.3, -0.25) is 14.8 Å². The minimum atomic E-state index is -0.142. The van der Waals surface area contributed by atoms with Crippen molar-refractivity contribution in [2.75, 3.05) is 11.9 Å². The molecule has 4 heterocycles. The topological polar surface area (TPSA) is 75.1 Å². The Bertz CT molecular complexity index is 1420. The van der Waals surface area contributed by atoms with E-state index in [0.717, 1.165) is 39.6 Å². The van der Waals surface area contributed by atoms with Gasteiger partial charge in [0.1, 0.15) is 0 Å². The Morgan fingerprint density at radius 2 is 1.92 bits per heavy atom. The molecular weight excluding hydrogens is 480 g/mol. The van der Waals surface area contributed by atoms with Crippen molar-refractivity contribution in [3.63, 3.8) is 0 Å². The molecule has 0 aliphatic carbocycles. The van der Waals surface area contributed by atoms with Crippen LogP contribution in [0.1, 0.15) is 46.7 Å². The van der Waals surface area contributed by atoms with Gasteiger partial charge in [-0.15, -0.1) is 0 Å². The molecule has 1 aliphatic rings. The summed E-state index contributed by atoms with van der Waals surface area (Å²) in [6, 6.07) is 19.7. The van der Waals surface area contributed by atoms with Gasteiger partial charge in [0.15, 0.2) is 5.11 Å². The molecule has 1 saturated heterocycles. The van der Waals surface area contributed by atoms with Gasteiger partial charge >= 0.3 is 0 Å². The number of aromatic nitrogens is 3. The van der Waals surface area contributed by atoms with E-state index in [0.29, 0.717) is 18.1 Å². The third-order valence-electron chi connectivity index (χ3n) is 6.77. The highest BCUT2D eigenvalue weighted by molar-refractivity contribution is 7.80. The number of nitrogens with zero attached hydrogens (tertiary/aromatic N) is 4. The van der Waals surface area contributed by atoms with Crippen LogP contribution in [0.4, 0.5) is 5.69 Å². The van der Waals surface area contributed by atoms with Gasteiger partial charge in [0.05, 0.1) is 29.7 Å². The van der Waals surface area contributed by atoms with Crippen LogP contribution in [0.25, 0.3) is 5.69 Å². The highest BCUT2D eigenvalue weighted by Gasteiger charge is 2.41. The zero-order valence-corrected chi connectivity index (χ0v) is 22.0. The number of rotatable bonds is 7. The Morgan fingerprint density at radius 3 is 2.65 bits per heavy atom. The molecule has 8 heteroatoms. The van der Waals surface area contributed by atoms with Crippen LogP contribution >= 0.6 is 12.2 Å². The van der Waals surface area contributed by atoms with Gasteiger partial charge in [-0.1, -0.05) is 18.2 Å². The number of aryl methyl sites for hydroxylation is 2. The van der Waals surface area contributed by atoms with E-state index in [4.69, 9.17) is 12.2 Å². The average Bonchev–Trinajstić information content (AvgIpc) is 3.38. The predicted octanol–water partition coefficient (Wildman–Crippen LogP) is 5.19. The van der Waals surface area contributed by atoms with Crippen molar-refractivity contribution in [2.24, 2.45) is 0 Å². The van der Waals surface area contributed by atoms with E-state index in [-0.39, 0.29) is 18.0 Å². The number of anilines is 1. The van der Waals surface area contributed by atoms with Gasteiger partial charge in [-0.05, 0) is 86.6 Å². The van der Waals surface area contributed by atoms with Gasteiger partial charge in [0.25, 0.3) is 0 Å². The molecule has 2 N–H and O–H groups in total. The van der Waals surface area contributed by atoms with Crippen molar-refractivity contribution in [3.8, 4) is 5.69 Å². The lowest BCUT2D eigenvalue weighted by Gasteiger charge is -2.28. The van der Waals surface area contributed by atoms with E-state index in [1.165, 1.54) is 0 Å². The molecule has 1 amide bonds. The number of hydrogen-bond donors (Lipinski definition) is 2. The number of pyridine rings is 2. The second-order valence-corrected chi connectivity index (χ2v) is 9.75. The summed E-state index contributed by atoms with van der Waals surface area (Å²) in [6.07, 6.45) is 5.75. The first-order valence-electron chi connectivity index (χ1n) is 12.4. The number of thiocarbonyl (C=S) groups is 1. The van der Waals surface area contributed by atoms with Gasteiger partial charge in [-0.25, -0.2) is 0 Å². The van der Waals surface area contributed by atoms with Crippen LogP contribution in [0, 0.1) is 20.8 Å². The number of benzene rings is 1. The number of carbonyl (C=O) groups excluding carboxylic acids is 1. The molecular formula is C29H30N6OS. The molecule has 0 unspecified atom stereocenters. The fourth-order valence-electron chi connectivity index (χ4n) is 5.12. The van der Waals surface area contributed by atoms with Crippen LogP contribution in [0.2, 0.25) is 0 Å². The molecule has 0 radical (unpaired) electrons. The van der Waals surface area contributed by atoms with Crippen molar-refractivity contribution in [1.82, 2.24) is 24.8 Å². The maximum absolute atomic E-state index is 12.9. The zero-order chi connectivity index (χ0) is 25.9. The lowest BCUT2D eigenvalue weighted by Crippen LogP contribution is -2.32. The number of hydrogen-bond acceptors (Lipinski definition) is 4. The van der Waals surface area contributed by atoms with Crippen LogP contribution < -0.4 is 10.6 Å². The maximum atomic E-state index is 12.9. The quantitative estimate of drug-likeness (QED) is 0.333. The van der Waals surface area contributed by atoms with Crippen LogP contribution in [-0.4, -0.2) is 37.0 Å². The Labute approximate surface area is 222 Å². The van der Waals surface area contributed by atoms with Crippen LogP contribution in [0.5, 0.6) is 0 Å². The van der Waals surface area contributed by atoms with Crippen molar-refractivity contribution < 1.29 is 4.79 Å². The third-order valence-corrected chi connectivity index (χ3v) is 7.12. The maximum Gasteiger partial charge on any atom is 0.226 e. The standard InChI is InChI=1S/C29H30N6OS/c1-19-8-6-9-22(16-19)32-26(36)12-15-34-28(27(33-29(34)37)25-11-4-5-14-31-25)24-17-20(2)35(21(24)3)23-10-7-13-30-18-23/h4-11,13-14,16-18,27-28H,12,15H2,1-3H3,(H,32,36)(H,33,37)/t27-,28-/m1/s1. The third kappa shape index (κ3) is 5.11. The molecule has 4 aromatic rings. The van der Waals surface area contributed by atoms with Crippen molar-refractivity contribution in [3.05, 3.63) is 107 Å². The summed E-state index contributed by atoms with van der Waals surface area (Å²) in [6.45, 7) is 6.71. The first-order valence-corrected chi connectivity index (χ1v) is 12.8. The highest BCUT2D eigenvalue weighted by Crippen LogP contribution is 2.41. The van der Waals surface area contributed by atoms with Crippen LogP contribution in [-0.2, 0) is 4.79 Å². The number of nitrogens with one attached hydrogen (secondary N) is 2. The van der Waals surface area contributed by atoms with Crippen molar-refractivity contribution >= 4 is 28.9 Å². The van der Waals surface area contributed by atoms with E-state index in [1.54, 1.807) is 12.4 Å². The summed E-state index contributed by atoms with van der Waals surface area (Å²) in [5.41, 5.74) is 7.18.